The van der Waals surface area contributed by atoms with Gasteiger partial charge in [-0.15, -0.1) is 11.3 Å². The van der Waals surface area contributed by atoms with Crippen LogP contribution < -0.4 is 5.73 Å². The molecule has 0 aliphatic heterocycles. The summed E-state index contributed by atoms with van der Waals surface area (Å²) in [6.07, 6.45) is 1.98. The Morgan fingerprint density at radius 2 is 1.70 bits per heavy atom. The van der Waals surface area contributed by atoms with Crippen molar-refractivity contribution in [3.63, 3.8) is 0 Å². The number of para-hydroxylation sites is 1. The maximum absolute atomic E-state index is 11.9. The average molecular weight is 318 g/mol. The monoisotopic (exact) mass is 318 g/mol. The summed E-state index contributed by atoms with van der Waals surface area (Å²) in [5.74, 6) is -0.406. The quantitative estimate of drug-likeness (QED) is 0.596. The molecule has 0 fully saturated rings. The van der Waals surface area contributed by atoms with E-state index in [1.807, 2.05) is 71.4 Å². The summed E-state index contributed by atoms with van der Waals surface area (Å²) in [5, 5.41) is 2.00. The summed E-state index contributed by atoms with van der Waals surface area (Å²) in [6.45, 7) is 0. The summed E-state index contributed by atoms with van der Waals surface area (Å²) in [5.41, 5.74) is 8.31. The zero-order valence-corrected chi connectivity index (χ0v) is 13.1. The predicted molar refractivity (Wildman–Crippen MR) is 95.1 cm³/mol. The van der Waals surface area contributed by atoms with Crippen molar-refractivity contribution in [2.75, 3.05) is 0 Å². The summed E-state index contributed by atoms with van der Waals surface area (Å²) in [6, 6.07) is 22.1. The van der Waals surface area contributed by atoms with E-state index in [0.717, 1.165) is 26.3 Å². The Hall–Kier alpha value is -2.85. The van der Waals surface area contributed by atoms with Gasteiger partial charge in [0.1, 0.15) is 5.00 Å². The Morgan fingerprint density at radius 3 is 2.48 bits per heavy atom. The van der Waals surface area contributed by atoms with Crippen molar-refractivity contribution in [1.29, 1.82) is 0 Å². The van der Waals surface area contributed by atoms with Crippen molar-refractivity contribution in [2.24, 2.45) is 5.73 Å². The van der Waals surface area contributed by atoms with Gasteiger partial charge >= 0.3 is 0 Å². The molecule has 0 spiro atoms. The van der Waals surface area contributed by atoms with E-state index in [-0.39, 0.29) is 0 Å². The van der Waals surface area contributed by atoms with Gasteiger partial charge in [-0.3, -0.25) is 4.79 Å². The first-order valence-electron chi connectivity index (χ1n) is 7.29. The fraction of sp³-hybridized carbons (Fsp3) is 0. The largest absolute Gasteiger partial charge is 0.366 e. The number of primary amides is 1. The minimum absolute atomic E-state index is 0.406. The van der Waals surface area contributed by atoms with Gasteiger partial charge in [0, 0.05) is 11.1 Å². The van der Waals surface area contributed by atoms with E-state index in [9.17, 15) is 4.79 Å². The molecule has 3 nitrogen and oxygen atoms in total. The van der Waals surface area contributed by atoms with Crippen LogP contribution in [0.3, 0.4) is 0 Å². The molecule has 2 aromatic heterocycles. The average Bonchev–Trinajstić information content (AvgIpc) is 3.19. The third kappa shape index (κ3) is 2.33. The molecule has 4 rings (SSSR count). The lowest BCUT2D eigenvalue weighted by molar-refractivity contribution is 0.100. The number of fused-ring (bicyclic) bond motifs is 1. The molecule has 4 aromatic rings. The number of carbonyl (C=O) groups is 1. The molecule has 0 unspecified atom stereocenters. The lowest BCUT2D eigenvalue weighted by atomic mass is 10.1. The van der Waals surface area contributed by atoms with Crippen LogP contribution in [0, 0.1) is 0 Å². The highest BCUT2D eigenvalue weighted by Gasteiger charge is 2.17. The van der Waals surface area contributed by atoms with Gasteiger partial charge in [0.25, 0.3) is 5.91 Å². The van der Waals surface area contributed by atoms with Crippen LogP contribution in [-0.4, -0.2) is 10.5 Å². The Bertz CT molecular complexity index is 999. The lowest BCUT2D eigenvalue weighted by Crippen LogP contribution is -2.12. The lowest BCUT2D eigenvalue weighted by Gasteiger charge is -2.04. The standard InChI is InChI=1S/C19H14N2OS/c20-18(22)15-12-17(14-7-2-1-3-8-14)23-19(15)21-11-10-13-6-4-5-9-16(13)21/h1-12H,(H2,20,22). The van der Waals surface area contributed by atoms with Crippen LogP contribution in [0.25, 0.3) is 26.3 Å². The Kier molecular flexibility index (Phi) is 3.24. The molecule has 4 heteroatoms. The van der Waals surface area contributed by atoms with Crippen molar-refractivity contribution in [3.8, 4) is 15.4 Å². The number of hydrogen-bond acceptors (Lipinski definition) is 2. The minimum atomic E-state index is -0.406. The van der Waals surface area contributed by atoms with Crippen LogP contribution in [0.2, 0.25) is 0 Å². The first-order chi connectivity index (χ1) is 11.2. The number of thiophene rings is 1. The van der Waals surface area contributed by atoms with Crippen LogP contribution >= 0.6 is 11.3 Å². The van der Waals surface area contributed by atoms with Gasteiger partial charge in [-0.1, -0.05) is 48.5 Å². The third-order valence-corrected chi connectivity index (χ3v) is 5.04. The molecule has 0 aliphatic rings. The van der Waals surface area contributed by atoms with Crippen LogP contribution in [0.5, 0.6) is 0 Å². The van der Waals surface area contributed by atoms with E-state index in [4.69, 9.17) is 5.73 Å². The second-order valence-corrected chi connectivity index (χ2v) is 6.33. The fourth-order valence-electron chi connectivity index (χ4n) is 2.74. The van der Waals surface area contributed by atoms with Crippen LogP contribution in [0.4, 0.5) is 0 Å². The van der Waals surface area contributed by atoms with E-state index >= 15 is 0 Å². The molecule has 2 N–H and O–H groups in total. The molecule has 2 aromatic carbocycles. The summed E-state index contributed by atoms with van der Waals surface area (Å²) >= 11 is 1.58. The van der Waals surface area contributed by atoms with E-state index < -0.39 is 5.91 Å². The van der Waals surface area contributed by atoms with E-state index in [2.05, 4.69) is 6.07 Å². The molecule has 2 heterocycles. The highest BCUT2D eigenvalue weighted by atomic mass is 32.1. The molecule has 0 bridgehead atoms. The molecule has 0 saturated carbocycles. The van der Waals surface area contributed by atoms with Gasteiger partial charge in [0.15, 0.2) is 0 Å². The van der Waals surface area contributed by atoms with Crippen LogP contribution in [0.1, 0.15) is 10.4 Å². The number of carbonyl (C=O) groups excluding carboxylic acids is 1. The zero-order valence-electron chi connectivity index (χ0n) is 12.3. The van der Waals surface area contributed by atoms with E-state index in [0.29, 0.717) is 5.56 Å². The van der Waals surface area contributed by atoms with Gasteiger partial charge in [0.2, 0.25) is 0 Å². The zero-order chi connectivity index (χ0) is 15.8. The van der Waals surface area contributed by atoms with Crippen LogP contribution in [-0.2, 0) is 0 Å². The number of nitrogens with zero attached hydrogens (tertiary/aromatic N) is 1. The first kappa shape index (κ1) is 13.8. The smallest absolute Gasteiger partial charge is 0.251 e. The van der Waals surface area contributed by atoms with E-state index in [1.54, 1.807) is 11.3 Å². The fourth-order valence-corrected chi connectivity index (χ4v) is 3.91. The van der Waals surface area contributed by atoms with Crippen LogP contribution in [0.15, 0.2) is 72.9 Å². The van der Waals surface area contributed by atoms with Gasteiger partial charge < -0.3 is 10.3 Å². The van der Waals surface area contributed by atoms with Crippen molar-refractivity contribution < 1.29 is 4.79 Å². The number of amides is 1. The SMILES string of the molecule is NC(=O)c1cc(-c2ccccc2)sc1-n1ccc2ccccc21. The highest BCUT2D eigenvalue weighted by Crippen LogP contribution is 2.35. The Labute approximate surface area is 137 Å². The maximum atomic E-state index is 11.9. The van der Waals surface area contributed by atoms with Crippen molar-refractivity contribution in [1.82, 2.24) is 4.57 Å². The molecule has 0 aliphatic carbocycles. The molecule has 23 heavy (non-hydrogen) atoms. The number of aromatic nitrogens is 1. The Morgan fingerprint density at radius 1 is 0.957 bits per heavy atom. The number of nitrogens with two attached hydrogens (primary N) is 1. The Balaban J connectivity index is 1.94. The predicted octanol–water partition coefficient (Wildman–Crippen LogP) is 4.46. The molecule has 0 saturated heterocycles. The molecule has 1 amide bonds. The number of rotatable bonds is 3. The highest BCUT2D eigenvalue weighted by molar-refractivity contribution is 7.18. The van der Waals surface area contributed by atoms with E-state index in [1.165, 1.54) is 0 Å². The second-order valence-electron chi connectivity index (χ2n) is 5.30. The van der Waals surface area contributed by atoms with Gasteiger partial charge in [0.05, 0.1) is 11.1 Å². The number of benzene rings is 2. The normalized spacial score (nSPS) is 11.0. The van der Waals surface area contributed by atoms with Gasteiger partial charge in [-0.2, -0.15) is 0 Å². The summed E-state index contributed by atoms with van der Waals surface area (Å²) in [4.78, 5) is 12.9. The number of hydrogen-bond donors (Lipinski definition) is 1. The molecule has 0 radical (unpaired) electrons. The topological polar surface area (TPSA) is 48.0 Å². The molecular weight excluding hydrogens is 304 g/mol. The maximum Gasteiger partial charge on any atom is 0.251 e. The minimum Gasteiger partial charge on any atom is -0.366 e. The second kappa shape index (κ2) is 5.41. The molecule has 112 valence electrons. The van der Waals surface area contributed by atoms with Crippen molar-refractivity contribution in [2.45, 2.75) is 0 Å². The summed E-state index contributed by atoms with van der Waals surface area (Å²) < 4.78 is 2.03. The summed E-state index contributed by atoms with van der Waals surface area (Å²) in [7, 11) is 0. The van der Waals surface area contributed by atoms with Crippen molar-refractivity contribution in [3.05, 3.63) is 78.5 Å². The van der Waals surface area contributed by atoms with Gasteiger partial charge in [-0.05, 0) is 29.1 Å². The first-order valence-corrected chi connectivity index (χ1v) is 8.11. The third-order valence-electron chi connectivity index (χ3n) is 3.85. The van der Waals surface area contributed by atoms with Crippen molar-refractivity contribution >= 4 is 28.1 Å². The molecular formula is C19H14N2OS. The molecule has 0 atom stereocenters. The van der Waals surface area contributed by atoms with Gasteiger partial charge in [-0.25, -0.2) is 0 Å².